The predicted molar refractivity (Wildman–Crippen MR) is 69.5 cm³/mol. The number of hydrogen-bond donors (Lipinski definition) is 3. The molecule has 10 nitrogen and oxygen atoms in total. The van der Waals surface area contributed by atoms with Gasteiger partial charge < -0.3 is 20.3 Å². The lowest BCUT2D eigenvalue weighted by molar-refractivity contribution is -0.266. The van der Waals surface area contributed by atoms with Crippen molar-refractivity contribution in [3.05, 3.63) is 22.7 Å². The number of anilines is 1. The van der Waals surface area contributed by atoms with Gasteiger partial charge >= 0.3 is 13.9 Å². The van der Waals surface area contributed by atoms with Crippen LogP contribution in [0, 0.1) is 0 Å². The van der Waals surface area contributed by atoms with Crippen LogP contribution in [0.5, 0.6) is 0 Å². The molecule has 122 valence electrons. The maximum Gasteiger partial charge on any atom is 0.695 e. The van der Waals surface area contributed by atoms with Gasteiger partial charge in [0.2, 0.25) is 11.9 Å². The molecule has 1 aliphatic heterocycles. The van der Waals surface area contributed by atoms with Gasteiger partial charge in [-0.05, 0) is 6.07 Å². The molecule has 2 heterocycles. The average Bonchev–Trinajstić information content (AvgIpc) is 2.73. The zero-order valence-corrected chi connectivity index (χ0v) is 12.2. The molecule has 0 amide bonds. The number of nitrogens with zero attached hydrogens (tertiary/aromatic N) is 2. The van der Waals surface area contributed by atoms with E-state index in [1.54, 1.807) is 0 Å². The Labute approximate surface area is 124 Å². The summed E-state index contributed by atoms with van der Waals surface area (Å²) >= 11 is 0. The van der Waals surface area contributed by atoms with E-state index in [1.165, 1.54) is 6.07 Å². The molecule has 0 spiro atoms. The first-order chi connectivity index (χ1) is 10.3. The van der Waals surface area contributed by atoms with Gasteiger partial charge in [0.1, 0.15) is 12.4 Å². The highest BCUT2D eigenvalue weighted by molar-refractivity contribution is 7.32. The van der Waals surface area contributed by atoms with Crippen molar-refractivity contribution < 1.29 is 33.0 Å². The minimum atomic E-state index is -3.19. The smallest absolute Gasteiger partial charge is 0.391 e. The Morgan fingerprint density at radius 2 is 2.36 bits per heavy atom. The summed E-state index contributed by atoms with van der Waals surface area (Å²) in [5.74, 6) is -2.11. The summed E-state index contributed by atoms with van der Waals surface area (Å²) in [5, 5.41) is 9.40. The van der Waals surface area contributed by atoms with Crippen molar-refractivity contribution in [1.82, 2.24) is 9.55 Å². The van der Waals surface area contributed by atoms with Crippen molar-refractivity contribution in [3.63, 3.8) is 0 Å². The Morgan fingerprint density at radius 1 is 1.68 bits per heavy atom. The van der Waals surface area contributed by atoms with Crippen molar-refractivity contribution in [2.75, 3.05) is 19.5 Å². The first kappa shape index (κ1) is 16.9. The number of hydrogen-bond acceptors (Lipinski definition) is 8. The van der Waals surface area contributed by atoms with Crippen LogP contribution in [0.3, 0.4) is 0 Å². The molecule has 12 heteroatoms. The average molecular weight is 338 g/mol. The van der Waals surface area contributed by atoms with E-state index >= 15 is 0 Å². The lowest BCUT2D eigenvalue weighted by Crippen LogP contribution is -2.47. The van der Waals surface area contributed by atoms with E-state index in [1.807, 2.05) is 0 Å². The molecule has 1 aliphatic rings. The van der Waals surface area contributed by atoms with Gasteiger partial charge in [-0.15, -0.1) is 9.42 Å². The van der Waals surface area contributed by atoms with Gasteiger partial charge in [0.15, 0.2) is 12.4 Å². The van der Waals surface area contributed by atoms with Crippen LogP contribution in [0.25, 0.3) is 0 Å². The lowest BCUT2D eigenvalue weighted by Gasteiger charge is -2.27. The molecule has 1 saturated heterocycles. The third-order valence-electron chi connectivity index (χ3n) is 3.21. The second-order valence-electron chi connectivity index (χ2n) is 4.43. The number of aliphatic hydroxyl groups is 1. The fourth-order valence-corrected chi connectivity index (χ4v) is 2.62. The molecule has 0 aromatic carbocycles. The van der Waals surface area contributed by atoms with Crippen LogP contribution in [0.1, 0.15) is 6.23 Å². The summed E-state index contributed by atoms with van der Waals surface area (Å²) in [5.41, 5.74) is 4.44. The van der Waals surface area contributed by atoms with Gasteiger partial charge in [-0.2, -0.15) is 4.98 Å². The summed E-state index contributed by atoms with van der Waals surface area (Å²) in [7, 11) is -2.10. The van der Waals surface area contributed by atoms with Gasteiger partial charge in [-0.3, -0.25) is 4.57 Å². The van der Waals surface area contributed by atoms with Crippen LogP contribution < -0.4 is 11.4 Å². The summed E-state index contributed by atoms with van der Waals surface area (Å²) in [6.07, 6.45) is -4.25. The van der Waals surface area contributed by atoms with Gasteiger partial charge in [-0.25, -0.2) is 9.18 Å². The van der Waals surface area contributed by atoms with E-state index in [2.05, 4.69) is 9.51 Å². The van der Waals surface area contributed by atoms with E-state index in [0.717, 1.165) is 17.9 Å². The quantitative estimate of drug-likeness (QED) is 0.579. The molecule has 1 fully saturated rings. The summed E-state index contributed by atoms with van der Waals surface area (Å²) in [6, 6.07) is 1.24. The first-order valence-electron chi connectivity index (χ1n) is 6.00. The van der Waals surface area contributed by atoms with Crippen LogP contribution >= 0.6 is 8.25 Å². The number of nitrogen functional groups attached to an aromatic ring is 1. The van der Waals surface area contributed by atoms with Gasteiger partial charge in [0.25, 0.3) is 0 Å². The maximum atomic E-state index is 14.5. The van der Waals surface area contributed by atoms with Crippen LogP contribution in [0.2, 0.25) is 0 Å². The monoisotopic (exact) mass is 338 g/mol. The van der Waals surface area contributed by atoms with Crippen LogP contribution in [0.15, 0.2) is 17.1 Å². The third-order valence-corrected chi connectivity index (χ3v) is 3.62. The van der Waals surface area contributed by atoms with Crippen molar-refractivity contribution in [1.29, 1.82) is 0 Å². The second kappa shape index (κ2) is 6.32. The number of alkyl halides is 1. The first-order valence-corrected chi connectivity index (χ1v) is 7.13. The zero-order valence-electron chi connectivity index (χ0n) is 11.3. The van der Waals surface area contributed by atoms with Crippen LogP contribution in [-0.2, 0) is 18.6 Å². The zero-order chi connectivity index (χ0) is 16.5. The molecular weight excluding hydrogens is 324 g/mol. The SMILES string of the molecule is CO[C@]1(CO)OC(n2ccc(N)nc2=O)C(F)C1O[P+](=O)O. The maximum absolute atomic E-state index is 14.5. The van der Waals surface area contributed by atoms with Gasteiger partial charge in [0, 0.05) is 17.9 Å². The molecule has 4 N–H and O–H groups in total. The highest BCUT2D eigenvalue weighted by Gasteiger charge is 2.61. The Kier molecular flexibility index (Phi) is 4.85. The minimum Gasteiger partial charge on any atom is -0.391 e. The number of rotatable bonds is 5. The molecule has 2 rings (SSSR count). The normalized spacial score (nSPS) is 32.2. The van der Waals surface area contributed by atoms with Crippen molar-refractivity contribution in [2.24, 2.45) is 0 Å². The number of methoxy groups -OCH3 is 1. The molecule has 4 unspecified atom stereocenters. The Balaban J connectivity index is 2.42. The fraction of sp³-hybridized carbons (Fsp3) is 0.600. The van der Waals surface area contributed by atoms with Crippen LogP contribution in [-0.4, -0.2) is 51.3 Å². The van der Waals surface area contributed by atoms with E-state index in [0.29, 0.717) is 0 Å². The Bertz CT molecular complexity index is 623. The highest BCUT2D eigenvalue weighted by Crippen LogP contribution is 2.43. The predicted octanol–water partition coefficient (Wildman–Crippen LogP) is -0.938. The molecule has 0 radical (unpaired) electrons. The minimum absolute atomic E-state index is 0.0685. The van der Waals surface area contributed by atoms with E-state index < -0.39 is 44.8 Å². The molecule has 5 atom stereocenters. The van der Waals surface area contributed by atoms with Crippen molar-refractivity contribution in [3.8, 4) is 0 Å². The topological polar surface area (TPSA) is 146 Å². The van der Waals surface area contributed by atoms with Gasteiger partial charge in [0.05, 0.1) is 0 Å². The second-order valence-corrected chi connectivity index (χ2v) is 5.12. The van der Waals surface area contributed by atoms with Crippen molar-refractivity contribution >= 4 is 14.1 Å². The van der Waals surface area contributed by atoms with Crippen LogP contribution in [0.4, 0.5) is 10.2 Å². The molecular formula is C10H14FN3O7P+. The molecule has 1 aromatic rings. The third kappa shape index (κ3) is 2.86. The van der Waals surface area contributed by atoms with E-state index in [-0.39, 0.29) is 5.82 Å². The Morgan fingerprint density at radius 3 is 2.86 bits per heavy atom. The van der Waals surface area contributed by atoms with E-state index in [4.69, 9.17) is 20.1 Å². The molecule has 0 saturated carbocycles. The Hall–Kier alpha value is -1.49. The number of halogens is 1. The van der Waals surface area contributed by atoms with Gasteiger partial charge in [-0.1, -0.05) is 0 Å². The van der Waals surface area contributed by atoms with Crippen molar-refractivity contribution in [2.45, 2.75) is 24.3 Å². The number of nitrogens with two attached hydrogens (primary N) is 1. The lowest BCUT2D eigenvalue weighted by atomic mass is 10.1. The molecule has 0 bridgehead atoms. The number of aliphatic hydroxyl groups excluding tert-OH is 1. The van der Waals surface area contributed by atoms with E-state index in [9.17, 15) is 18.9 Å². The molecule has 0 aliphatic carbocycles. The summed E-state index contributed by atoms with van der Waals surface area (Å²) < 4.78 is 40.9. The molecule has 22 heavy (non-hydrogen) atoms. The summed E-state index contributed by atoms with van der Waals surface area (Å²) in [6.45, 7) is -0.870. The standard InChI is InChI=1S/C10H13FN3O7P/c1-19-10(4-15)7(21-22(17)18)6(11)8(20-10)14-3-2-5(12)13-9(14)16/h2-3,6-8,15H,4H2,1H3,(H2-,12,13,16,17,18)/p+1/t6?,7?,8?,10-/m1/s1. The summed E-state index contributed by atoms with van der Waals surface area (Å²) in [4.78, 5) is 24.0. The number of ether oxygens (including phenoxy) is 2. The number of aromatic nitrogens is 2. The highest BCUT2D eigenvalue weighted by atomic mass is 31.1. The largest absolute Gasteiger partial charge is 0.695 e. The fourth-order valence-electron chi connectivity index (χ4n) is 2.15. The molecule has 1 aromatic heterocycles.